The number of hydrogen-bond donors (Lipinski definition) is 1. The van der Waals surface area contributed by atoms with Crippen LogP contribution in [0.3, 0.4) is 0 Å². The maximum Gasteiger partial charge on any atom is 0.153 e. The average molecular weight is 241 g/mol. The lowest BCUT2D eigenvalue weighted by atomic mass is 9.99. The highest BCUT2D eigenvalue weighted by Gasteiger charge is 2.15. The molecule has 0 amide bonds. The molecule has 3 nitrogen and oxygen atoms in total. The van der Waals surface area contributed by atoms with Crippen LogP contribution in [0.1, 0.15) is 10.4 Å². The maximum absolute atomic E-state index is 10.9. The Bertz CT molecular complexity index is 562. The van der Waals surface area contributed by atoms with E-state index in [2.05, 4.69) is 0 Å². The lowest BCUT2D eigenvalue weighted by molar-refractivity contribution is 0.112. The van der Waals surface area contributed by atoms with E-state index >= 15 is 0 Å². The molecule has 0 radical (unpaired) electrons. The Balaban J connectivity index is 2.73. The van der Waals surface area contributed by atoms with E-state index in [0.29, 0.717) is 17.4 Å². The third kappa shape index (κ3) is 2.07. The Hall–Kier alpha value is -2.29. The Morgan fingerprint density at radius 3 is 2.28 bits per heavy atom. The zero-order chi connectivity index (χ0) is 13.1. The quantitative estimate of drug-likeness (QED) is 0.840. The minimum absolute atomic E-state index is 0.0300. The molecule has 92 valence electrons. The Morgan fingerprint density at radius 2 is 1.72 bits per heavy atom. The predicted molar refractivity (Wildman–Crippen MR) is 73.3 cm³/mol. The Morgan fingerprint density at radius 1 is 1.06 bits per heavy atom. The number of benzene rings is 2. The van der Waals surface area contributed by atoms with Crippen molar-refractivity contribution in [1.82, 2.24) is 0 Å². The molecule has 0 spiro atoms. The van der Waals surface area contributed by atoms with Crippen molar-refractivity contribution in [2.45, 2.75) is 0 Å². The van der Waals surface area contributed by atoms with E-state index in [4.69, 9.17) is 0 Å². The smallest absolute Gasteiger partial charge is 0.153 e. The second-order valence-electron chi connectivity index (χ2n) is 4.28. The van der Waals surface area contributed by atoms with Gasteiger partial charge in [0.15, 0.2) is 6.29 Å². The van der Waals surface area contributed by atoms with Gasteiger partial charge in [-0.1, -0.05) is 30.3 Å². The molecule has 2 aromatic rings. The fraction of sp³-hybridized carbons (Fsp3) is 0.133. The van der Waals surface area contributed by atoms with Crippen molar-refractivity contribution in [2.75, 3.05) is 19.0 Å². The van der Waals surface area contributed by atoms with Gasteiger partial charge < -0.3 is 10.0 Å². The molecule has 0 heterocycles. The van der Waals surface area contributed by atoms with E-state index in [1.807, 2.05) is 55.4 Å². The Labute approximate surface area is 106 Å². The first-order valence-corrected chi connectivity index (χ1v) is 5.69. The van der Waals surface area contributed by atoms with E-state index in [1.165, 1.54) is 0 Å². The van der Waals surface area contributed by atoms with Crippen LogP contribution in [-0.4, -0.2) is 25.5 Å². The molecule has 0 saturated heterocycles. The van der Waals surface area contributed by atoms with Gasteiger partial charge in [0.1, 0.15) is 5.75 Å². The minimum Gasteiger partial charge on any atom is -0.506 e. The van der Waals surface area contributed by atoms with Crippen LogP contribution in [-0.2, 0) is 0 Å². The van der Waals surface area contributed by atoms with Gasteiger partial charge in [-0.2, -0.15) is 0 Å². The summed E-state index contributed by atoms with van der Waals surface area (Å²) in [4.78, 5) is 12.8. The lowest BCUT2D eigenvalue weighted by Crippen LogP contribution is -2.10. The van der Waals surface area contributed by atoms with Crippen LogP contribution in [0.5, 0.6) is 5.75 Å². The van der Waals surface area contributed by atoms with Crippen molar-refractivity contribution in [1.29, 1.82) is 0 Å². The third-order valence-electron chi connectivity index (χ3n) is 2.86. The molecular formula is C15H15NO2. The fourth-order valence-electron chi connectivity index (χ4n) is 1.95. The predicted octanol–water partition coefficient (Wildman–Crippen LogP) is 2.94. The summed E-state index contributed by atoms with van der Waals surface area (Å²) in [7, 11) is 3.81. The van der Waals surface area contributed by atoms with E-state index < -0.39 is 0 Å². The van der Waals surface area contributed by atoms with Crippen molar-refractivity contribution in [3.8, 4) is 16.9 Å². The summed E-state index contributed by atoms with van der Waals surface area (Å²) in [5.74, 6) is 0.0300. The SMILES string of the molecule is CN(C)c1ccc(C=O)c(O)c1-c1ccccc1. The van der Waals surface area contributed by atoms with E-state index in [1.54, 1.807) is 6.07 Å². The van der Waals surface area contributed by atoms with Crippen molar-refractivity contribution >= 4 is 12.0 Å². The molecule has 2 aromatic carbocycles. The van der Waals surface area contributed by atoms with Crippen LogP contribution < -0.4 is 4.90 Å². The highest BCUT2D eigenvalue weighted by molar-refractivity contribution is 5.92. The largest absolute Gasteiger partial charge is 0.506 e. The van der Waals surface area contributed by atoms with Gasteiger partial charge >= 0.3 is 0 Å². The van der Waals surface area contributed by atoms with Crippen LogP contribution >= 0.6 is 0 Å². The number of hydrogen-bond acceptors (Lipinski definition) is 3. The number of anilines is 1. The van der Waals surface area contributed by atoms with Crippen molar-refractivity contribution in [3.05, 3.63) is 48.0 Å². The first-order valence-electron chi connectivity index (χ1n) is 5.69. The maximum atomic E-state index is 10.9. The van der Waals surface area contributed by atoms with Gasteiger partial charge in [-0.3, -0.25) is 4.79 Å². The number of aldehydes is 1. The summed E-state index contributed by atoms with van der Waals surface area (Å²) in [5.41, 5.74) is 2.76. The monoisotopic (exact) mass is 241 g/mol. The molecule has 1 N–H and O–H groups in total. The second-order valence-corrected chi connectivity index (χ2v) is 4.28. The summed E-state index contributed by atoms with van der Waals surface area (Å²) in [6, 6.07) is 13.0. The molecule has 0 aliphatic rings. The van der Waals surface area contributed by atoms with Crippen LogP contribution in [0.15, 0.2) is 42.5 Å². The average Bonchev–Trinajstić information content (AvgIpc) is 2.39. The molecule has 0 saturated carbocycles. The summed E-state index contributed by atoms with van der Waals surface area (Å²) in [5, 5.41) is 10.2. The van der Waals surface area contributed by atoms with Gasteiger partial charge in [0.2, 0.25) is 0 Å². The van der Waals surface area contributed by atoms with Crippen molar-refractivity contribution < 1.29 is 9.90 Å². The third-order valence-corrected chi connectivity index (χ3v) is 2.86. The van der Waals surface area contributed by atoms with Crippen LogP contribution in [0.2, 0.25) is 0 Å². The number of rotatable bonds is 3. The zero-order valence-corrected chi connectivity index (χ0v) is 10.4. The van der Waals surface area contributed by atoms with Gasteiger partial charge in [0.25, 0.3) is 0 Å². The lowest BCUT2D eigenvalue weighted by Gasteiger charge is -2.19. The molecule has 18 heavy (non-hydrogen) atoms. The summed E-state index contributed by atoms with van der Waals surface area (Å²) in [6.07, 6.45) is 0.668. The van der Waals surface area contributed by atoms with Gasteiger partial charge in [-0.25, -0.2) is 0 Å². The molecule has 3 heteroatoms. The molecule has 0 aliphatic carbocycles. The highest BCUT2D eigenvalue weighted by Crippen LogP contribution is 2.39. The van der Waals surface area contributed by atoms with Gasteiger partial charge in [0, 0.05) is 25.3 Å². The van der Waals surface area contributed by atoms with Crippen LogP contribution in [0, 0.1) is 0 Å². The number of phenolic OH excluding ortho intramolecular Hbond substituents is 1. The fourth-order valence-corrected chi connectivity index (χ4v) is 1.95. The van der Waals surface area contributed by atoms with Crippen molar-refractivity contribution in [2.24, 2.45) is 0 Å². The molecule has 0 aromatic heterocycles. The molecule has 0 fully saturated rings. The van der Waals surface area contributed by atoms with Gasteiger partial charge in [0.05, 0.1) is 5.56 Å². The molecule has 2 rings (SSSR count). The van der Waals surface area contributed by atoms with E-state index in [0.717, 1.165) is 11.3 Å². The first kappa shape index (κ1) is 12.2. The van der Waals surface area contributed by atoms with Gasteiger partial charge in [-0.05, 0) is 17.7 Å². The summed E-state index contributed by atoms with van der Waals surface area (Å²) >= 11 is 0. The highest BCUT2D eigenvalue weighted by atomic mass is 16.3. The molecule has 0 atom stereocenters. The Kier molecular flexibility index (Phi) is 3.33. The number of carbonyl (C=O) groups excluding carboxylic acids is 1. The molecular weight excluding hydrogens is 226 g/mol. The summed E-state index contributed by atoms with van der Waals surface area (Å²) in [6.45, 7) is 0. The number of carbonyl (C=O) groups is 1. The number of aromatic hydroxyl groups is 1. The first-order chi connectivity index (χ1) is 8.65. The molecule has 0 unspecified atom stereocenters. The molecule has 0 bridgehead atoms. The normalized spacial score (nSPS) is 10.1. The number of nitrogens with zero attached hydrogens (tertiary/aromatic N) is 1. The topological polar surface area (TPSA) is 40.5 Å². The second kappa shape index (κ2) is 4.92. The van der Waals surface area contributed by atoms with E-state index in [-0.39, 0.29) is 5.75 Å². The number of phenols is 1. The zero-order valence-electron chi connectivity index (χ0n) is 10.4. The van der Waals surface area contributed by atoms with Crippen LogP contribution in [0.25, 0.3) is 11.1 Å². The summed E-state index contributed by atoms with van der Waals surface area (Å²) < 4.78 is 0. The minimum atomic E-state index is 0.0300. The molecule has 0 aliphatic heterocycles. The van der Waals surface area contributed by atoms with Crippen molar-refractivity contribution in [3.63, 3.8) is 0 Å². The van der Waals surface area contributed by atoms with Gasteiger partial charge in [-0.15, -0.1) is 0 Å². The standard InChI is InChI=1S/C15H15NO2/c1-16(2)13-9-8-12(10-17)15(18)14(13)11-6-4-3-5-7-11/h3-10,18H,1-2H3. The van der Waals surface area contributed by atoms with Crippen LogP contribution in [0.4, 0.5) is 5.69 Å². The van der Waals surface area contributed by atoms with E-state index in [9.17, 15) is 9.90 Å².